The molecule has 0 saturated carbocycles. The van der Waals surface area contributed by atoms with E-state index < -0.39 is 19.9 Å². The number of sulfonamides is 1. The zero-order valence-electron chi connectivity index (χ0n) is 11.0. The number of thiophene rings is 1. The second-order valence-electron chi connectivity index (χ2n) is 4.88. The first-order chi connectivity index (χ1) is 9.25. The number of hydrogen-bond acceptors (Lipinski definition) is 6. The standard InChI is InChI=1S/C11H17NO5S3/c1-8-7-18-10(6-13)11(8)20(16,17)12-9-2-4-19(14,15)5-3-9/h7,9,12-13H,2-6H2,1H3. The van der Waals surface area contributed by atoms with Crippen molar-refractivity contribution in [2.24, 2.45) is 0 Å². The minimum absolute atomic E-state index is 0.00959. The van der Waals surface area contributed by atoms with E-state index in [1.54, 1.807) is 12.3 Å². The highest BCUT2D eigenvalue weighted by Gasteiger charge is 2.30. The normalized spacial score (nSPS) is 20.1. The van der Waals surface area contributed by atoms with Gasteiger partial charge in [0.1, 0.15) is 14.7 Å². The van der Waals surface area contributed by atoms with Crippen molar-refractivity contribution >= 4 is 31.2 Å². The summed E-state index contributed by atoms with van der Waals surface area (Å²) in [5, 5.41) is 10.9. The molecule has 1 fully saturated rings. The number of hydrogen-bond donors (Lipinski definition) is 2. The predicted molar refractivity (Wildman–Crippen MR) is 77.0 cm³/mol. The van der Waals surface area contributed by atoms with Crippen molar-refractivity contribution in [1.29, 1.82) is 0 Å². The van der Waals surface area contributed by atoms with Crippen molar-refractivity contribution in [1.82, 2.24) is 4.72 Å². The van der Waals surface area contributed by atoms with Crippen LogP contribution < -0.4 is 4.72 Å². The summed E-state index contributed by atoms with van der Waals surface area (Å²) in [5.41, 5.74) is 0.593. The molecule has 1 aliphatic rings. The van der Waals surface area contributed by atoms with E-state index in [1.807, 2.05) is 0 Å². The van der Waals surface area contributed by atoms with Crippen molar-refractivity contribution in [2.75, 3.05) is 11.5 Å². The molecule has 1 aromatic rings. The summed E-state index contributed by atoms with van der Waals surface area (Å²) in [4.78, 5) is 0.525. The van der Waals surface area contributed by atoms with Gasteiger partial charge < -0.3 is 5.11 Å². The molecule has 2 heterocycles. The van der Waals surface area contributed by atoms with E-state index in [-0.39, 0.29) is 29.0 Å². The highest BCUT2D eigenvalue weighted by atomic mass is 32.2. The van der Waals surface area contributed by atoms with E-state index in [9.17, 15) is 21.9 Å². The van der Waals surface area contributed by atoms with Crippen LogP contribution >= 0.6 is 11.3 Å². The molecule has 6 nitrogen and oxygen atoms in total. The number of rotatable bonds is 4. The fraction of sp³-hybridized carbons (Fsp3) is 0.636. The quantitative estimate of drug-likeness (QED) is 0.827. The lowest BCUT2D eigenvalue weighted by Crippen LogP contribution is -2.41. The fourth-order valence-corrected chi connectivity index (χ4v) is 6.70. The first kappa shape index (κ1) is 15.9. The van der Waals surface area contributed by atoms with Crippen LogP contribution in [0.4, 0.5) is 0 Å². The molecule has 0 spiro atoms. The van der Waals surface area contributed by atoms with Gasteiger partial charge in [-0.25, -0.2) is 21.6 Å². The van der Waals surface area contributed by atoms with Crippen LogP contribution in [0.15, 0.2) is 10.3 Å². The molecule has 0 bridgehead atoms. The molecular formula is C11H17NO5S3. The summed E-state index contributed by atoms with van der Waals surface area (Å²) >= 11 is 1.20. The van der Waals surface area contributed by atoms with Gasteiger partial charge in [0.15, 0.2) is 0 Å². The van der Waals surface area contributed by atoms with Crippen LogP contribution in [-0.4, -0.2) is 39.5 Å². The van der Waals surface area contributed by atoms with Gasteiger partial charge in [-0.15, -0.1) is 11.3 Å². The topological polar surface area (TPSA) is 101 Å². The van der Waals surface area contributed by atoms with Crippen molar-refractivity contribution in [2.45, 2.75) is 37.3 Å². The summed E-state index contributed by atoms with van der Waals surface area (Å²) in [6, 6.07) is -0.366. The summed E-state index contributed by atoms with van der Waals surface area (Å²) in [6.45, 7) is 1.35. The zero-order valence-corrected chi connectivity index (χ0v) is 13.4. The number of sulfone groups is 1. The average molecular weight is 339 g/mol. The Bertz CT molecular complexity index is 676. The molecule has 20 heavy (non-hydrogen) atoms. The SMILES string of the molecule is Cc1csc(CO)c1S(=O)(=O)NC1CCS(=O)(=O)CC1. The maximum absolute atomic E-state index is 12.4. The van der Waals surface area contributed by atoms with Gasteiger partial charge in [-0.3, -0.25) is 0 Å². The minimum Gasteiger partial charge on any atom is -0.391 e. The maximum Gasteiger partial charge on any atom is 0.242 e. The van der Waals surface area contributed by atoms with E-state index in [4.69, 9.17) is 0 Å². The van der Waals surface area contributed by atoms with Crippen LogP contribution in [0.3, 0.4) is 0 Å². The highest BCUT2D eigenvalue weighted by molar-refractivity contribution is 7.91. The van der Waals surface area contributed by atoms with Crippen LogP contribution in [0.1, 0.15) is 23.3 Å². The van der Waals surface area contributed by atoms with E-state index in [2.05, 4.69) is 4.72 Å². The lowest BCUT2D eigenvalue weighted by molar-refractivity contribution is 0.282. The van der Waals surface area contributed by atoms with Gasteiger partial charge >= 0.3 is 0 Å². The van der Waals surface area contributed by atoms with Crippen LogP contribution in [0.25, 0.3) is 0 Å². The first-order valence-electron chi connectivity index (χ1n) is 6.16. The second kappa shape index (κ2) is 5.72. The lowest BCUT2D eigenvalue weighted by atomic mass is 10.2. The molecule has 0 aliphatic carbocycles. The number of nitrogens with one attached hydrogen (secondary N) is 1. The van der Waals surface area contributed by atoms with Crippen molar-refractivity contribution in [3.8, 4) is 0 Å². The summed E-state index contributed by atoms with van der Waals surface area (Å²) in [7, 11) is -6.74. The monoisotopic (exact) mass is 339 g/mol. The molecule has 0 radical (unpaired) electrons. The Kier molecular flexibility index (Phi) is 4.55. The van der Waals surface area contributed by atoms with Gasteiger partial charge in [0, 0.05) is 6.04 Å². The van der Waals surface area contributed by atoms with Crippen LogP contribution in [0.2, 0.25) is 0 Å². The number of aryl methyl sites for hydroxylation is 1. The largest absolute Gasteiger partial charge is 0.391 e. The van der Waals surface area contributed by atoms with E-state index in [0.29, 0.717) is 23.3 Å². The molecule has 9 heteroatoms. The van der Waals surface area contributed by atoms with Crippen molar-refractivity contribution in [3.63, 3.8) is 0 Å². The van der Waals surface area contributed by atoms with E-state index >= 15 is 0 Å². The molecule has 1 saturated heterocycles. The third-order valence-corrected chi connectivity index (χ3v) is 7.96. The van der Waals surface area contributed by atoms with Crippen LogP contribution in [0, 0.1) is 6.92 Å². The van der Waals surface area contributed by atoms with Gasteiger partial charge in [-0.05, 0) is 30.7 Å². The molecule has 0 aromatic carbocycles. The molecule has 0 atom stereocenters. The molecule has 2 N–H and O–H groups in total. The van der Waals surface area contributed by atoms with Crippen molar-refractivity contribution < 1.29 is 21.9 Å². The summed E-state index contributed by atoms with van der Waals surface area (Å²) in [5.74, 6) is 0.0192. The lowest BCUT2D eigenvalue weighted by Gasteiger charge is -2.23. The maximum atomic E-state index is 12.4. The highest BCUT2D eigenvalue weighted by Crippen LogP contribution is 2.27. The summed E-state index contributed by atoms with van der Waals surface area (Å²) < 4.78 is 49.9. The predicted octanol–water partition coefficient (Wildman–Crippen LogP) is 0.404. The number of aliphatic hydroxyl groups is 1. The van der Waals surface area contributed by atoms with Crippen LogP contribution in [0.5, 0.6) is 0 Å². The second-order valence-corrected chi connectivity index (χ2v) is 9.80. The molecule has 0 unspecified atom stereocenters. The average Bonchev–Trinajstić information content (AvgIpc) is 2.74. The Hall–Kier alpha value is -0.480. The third kappa shape index (κ3) is 3.40. The van der Waals surface area contributed by atoms with Gasteiger partial charge in [-0.2, -0.15) is 0 Å². The minimum atomic E-state index is -3.72. The number of aliphatic hydroxyl groups excluding tert-OH is 1. The molecule has 2 rings (SSSR count). The van der Waals surface area contributed by atoms with E-state index in [1.165, 1.54) is 11.3 Å². The molecule has 114 valence electrons. The van der Waals surface area contributed by atoms with Crippen molar-refractivity contribution in [3.05, 3.63) is 15.8 Å². The molecular weight excluding hydrogens is 322 g/mol. The molecule has 1 aliphatic heterocycles. The van der Waals surface area contributed by atoms with Crippen LogP contribution in [-0.2, 0) is 26.5 Å². The fourth-order valence-electron chi connectivity index (χ4n) is 2.24. The van der Waals surface area contributed by atoms with Gasteiger partial charge in [-0.1, -0.05) is 0 Å². The Labute approximate surface area is 122 Å². The van der Waals surface area contributed by atoms with Gasteiger partial charge in [0.05, 0.1) is 23.0 Å². The molecule has 1 aromatic heterocycles. The first-order valence-corrected chi connectivity index (χ1v) is 10.3. The Morgan fingerprint density at radius 3 is 2.55 bits per heavy atom. The van der Waals surface area contributed by atoms with Gasteiger partial charge in [0.25, 0.3) is 0 Å². The van der Waals surface area contributed by atoms with Gasteiger partial charge in [0.2, 0.25) is 10.0 Å². The smallest absolute Gasteiger partial charge is 0.242 e. The van der Waals surface area contributed by atoms with E-state index in [0.717, 1.165) is 0 Å². The Balaban J connectivity index is 2.18. The zero-order chi connectivity index (χ0) is 15.0. The Morgan fingerprint density at radius 1 is 1.40 bits per heavy atom. The third-order valence-electron chi connectivity index (χ3n) is 3.28. The Morgan fingerprint density at radius 2 is 2.00 bits per heavy atom. The molecule has 0 amide bonds. The summed E-state index contributed by atoms with van der Waals surface area (Å²) in [6.07, 6.45) is 0.582.